The molecule has 4 nitrogen and oxygen atoms in total. The fraction of sp³-hybridized carbons (Fsp3) is 0.444. The smallest absolute Gasteiger partial charge is 0.178 e. The van der Waals surface area contributed by atoms with Crippen LogP contribution in [0.2, 0.25) is 0 Å². The second-order valence-electron chi connectivity index (χ2n) is 3.37. The zero-order chi connectivity index (χ0) is 11.5. The van der Waals surface area contributed by atoms with Crippen molar-refractivity contribution in [3.8, 4) is 0 Å². The van der Waals surface area contributed by atoms with Crippen LogP contribution in [-0.4, -0.2) is 29.6 Å². The summed E-state index contributed by atoms with van der Waals surface area (Å²) in [6.07, 6.45) is 0. The van der Waals surface area contributed by atoms with Crippen molar-refractivity contribution in [3.63, 3.8) is 0 Å². The van der Waals surface area contributed by atoms with Crippen molar-refractivity contribution in [3.05, 3.63) is 17.7 Å². The highest BCUT2D eigenvalue weighted by Gasteiger charge is 2.19. The summed E-state index contributed by atoms with van der Waals surface area (Å²) in [6, 6.07) is 0.805. The van der Waals surface area contributed by atoms with E-state index < -0.39 is 11.6 Å². The maximum atomic E-state index is 13.5. The molecule has 2 rings (SSSR count). The number of nitrogens with two attached hydrogens (primary N) is 1. The number of halogens is 2. The second kappa shape index (κ2) is 4.84. The molecular weight excluding hydrogens is 234 g/mol. The number of anilines is 2. The SMILES string of the molecule is NNc1nc(N2CCSCC2)c(F)cc1F. The molecule has 0 aliphatic carbocycles. The van der Waals surface area contributed by atoms with Gasteiger partial charge in [-0.15, -0.1) is 0 Å². The van der Waals surface area contributed by atoms with Crippen molar-refractivity contribution >= 4 is 23.4 Å². The number of hydrazine groups is 1. The number of nitrogens with zero attached hydrogens (tertiary/aromatic N) is 2. The van der Waals surface area contributed by atoms with Crippen LogP contribution in [-0.2, 0) is 0 Å². The van der Waals surface area contributed by atoms with E-state index in [4.69, 9.17) is 5.84 Å². The molecule has 1 aliphatic rings. The first-order valence-electron chi connectivity index (χ1n) is 4.87. The zero-order valence-corrected chi connectivity index (χ0v) is 9.36. The predicted octanol–water partition coefficient (Wildman–Crippen LogP) is 1.20. The Hall–Kier alpha value is -1.08. The van der Waals surface area contributed by atoms with Crippen LogP contribution in [0.3, 0.4) is 0 Å². The highest BCUT2D eigenvalue weighted by molar-refractivity contribution is 7.99. The lowest BCUT2D eigenvalue weighted by molar-refractivity contribution is 0.571. The molecule has 0 amide bonds. The lowest BCUT2D eigenvalue weighted by Gasteiger charge is -2.27. The number of hydrogen-bond acceptors (Lipinski definition) is 5. The van der Waals surface area contributed by atoms with Gasteiger partial charge in [0.25, 0.3) is 0 Å². The van der Waals surface area contributed by atoms with Gasteiger partial charge in [0.15, 0.2) is 23.3 Å². The average molecular weight is 246 g/mol. The summed E-state index contributed by atoms with van der Waals surface area (Å²) < 4.78 is 26.7. The average Bonchev–Trinajstić information content (AvgIpc) is 2.30. The molecule has 88 valence electrons. The van der Waals surface area contributed by atoms with Crippen LogP contribution in [0.15, 0.2) is 6.07 Å². The molecule has 0 bridgehead atoms. The minimum Gasteiger partial charge on any atom is -0.352 e. The van der Waals surface area contributed by atoms with E-state index >= 15 is 0 Å². The van der Waals surface area contributed by atoms with Gasteiger partial charge >= 0.3 is 0 Å². The van der Waals surface area contributed by atoms with Gasteiger partial charge in [-0.2, -0.15) is 11.8 Å². The van der Waals surface area contributed by atoms with E-state index in [1.165, 1.54) is 0 Å². The number of aromatic nitrogens is 1. The van der Waals surface area contributed by atoms with Gasteiger partial charge in [0.2, 0.25) is 0 Å². The molecule has 1 saturated heterocycles. The van der Waals surface area contributed by atoms with Crippen LogP contribution in [0.4, 0.5) is 20.4 Å². The van der Waals surface area contributed by atoms with Gasteiger partial charge < -0.3 is 10.3 Å². The minimum atomic E-state index is -0.782. The van der Waals surface area contributed by atoms with Crippen molar-refractivity contribution in [2.45, 2.75) is 0 Å². The number of hydrogen-bond donors (Lipinski definition) is 2. The molecule has 0 radical (unpaired) electrons. The number of nitrogens with one attached hydrogen (secondary N) is 1. The Bertz CT molecular complexity index is 382. The van der Waals surface area contributed by atoms with E-state index in [1.54, 1.807) is 16.7 Å². The molecule has 1 aromatic heterocycles. The summed E-state index contributed by atoms with van der Waals surface area (Å²) in [5, 5.41) is 0. The Morgan fingerprint density at radius 2 is 2.00 bits per heavy atom. The van der Waals surface area contributed by atoms with E-state index in [1.807, 2.05) is 0 Å². The summed E-state index contributed by atoms with van der Waals surface area (Å²) in [4.78, 5) is 5.64. The van der Waals surface area contributed by atoms with E-state index in [0.29, 0.717) is 13.1 Å². The predicted molar refractivity (Wildman–Crippen MR) is 61.5 cm³/mol. The molecule has 0 spiro atoms. The van der Waals surface area contributed by atoms with Crippen LogP contribution in [0.1, 0.15) is 0 Å². The quantitative estimate of drug-likeness (QED) is 0.606. The van der Waals surface area contributed by atoms with E-state index in [9.17, 15) is 8.78 Å². The van der Waals surface area contributed by atoms with Crippen LogP contribution in [0.5, 0.6) is 0 Å². The third kappa shape index (κ3) is 2.19. The molecule has 0 unspecified atom stereocenters. The topological polar surface area (TPSA) is 54.2 Å². The normalized spacial score (nSPS) is 16.3. The van der Waals surface area contributed by atoms with Crippen molar-refractivity contribution in [1.29, 1.82) is 0 Å². The highest BCUT2D eigenvalue weighted by atomic mass is 32.2. The minimum absolute atomic E-state index is 0.130. The third-order valence-corrected chi connectivity index (χ3v) is 3.30. The Labute approximate surface area is 96.2 Å². The highest BCUT2D eigenvalue weighted by Crippen LogP contribution is 2.24. The van der Waals surface area contributed by atoms with Crippen LogP contribution in [0.25, 0.3) is 0 Å². The van der Waals surface area contributed by atoms with Gasteiger partial charge in [0.1, 0.15) is 0 Å². The first-order valence-corrected chi connectivity index (χ1v) is 6.03. The number of nitrogen functional groups attached to an aromatic ring is 1. The van der Waals surface area contributed by atoms with E-state index in [-0.39, 0.29) is 11.6 Å². The molecule has 1 aromatic rings. The van der Waals surface area contributed by atoms with Crippen molar-refractivity contribution in [2.24, 2.45) is 5.84 Å². The Balaban J connectivity index is 2.31. The van der Waals surface area contributed by atoms with Crippen molar-refractivity contribution in [1.82, 2.24) is 4.98 Å². The van der Waals surface area contributed by atoms with Gasteiger partial charge in [-0.05, 0) is 0 Å². The molecule has 0 atom stereocenters. The molecule has 0 aromatic carbocycles. The molecule has 1 aliphatic heterocycles. The molecule has 2 heterocycles. The first-order chi connectivity index (χ1) is 7.72. The standard InChI is InChI=1S/C9H12F2N4S/c10-6-5-7(11)9(13-8(6)14-12)15-1-3-16-4-2-15/h5H,1-4,12H2,(H,13,14). The number of thioether (sulfide) groups is 1. The Morgan fingerprint density at radius 1 is 1.31 bits per heavy atom. The number of rotatable bonds is 2. The molecule has 3 N–H and O–H groups in total. The van der Waals surface area contributed by atoms with Gasteiger partial charge in [0.05, 0.1) is 0 Å². The molecule has 7 heteroatoms. The largest absolute Gasteiger partial charge is 0.352 e. The number of pyridine rings is 1. The monoisotopic (exact) mass is 246 g/mol. The van der Waals surface area contributed by atoms with Crippen LogP contribution in [0, 0.1) is 11.6 Å². The lowest BCUT2D eigenvalue weighted by atomic mass is 10.3. The van der Waals surface area contributed by atoms with E-state index in [2.05, 4.69) is 10.4 Å². The lowest BCUT2D eigenvalue weighted by Crippen LogP contribution is -2.34. The molecule has 16 heavy (non-hydrogen) atoms. The first kappa shape index (κ1) is 11.4. The van der Waals surface area contributed by atoms with Crippen LogP contribution >= 0.6 is 11.8 Å². The molecular formula is C9H12F2N4S. The zero-order valence-electron chi connectivity index (χ0n) is 8.54. The Morgan fingerprint density at radius 3 is 2.62 bits per heavy atom. The van der Waals surface area contributed by atoms with Gasteiger partial charge in [-0.3, -0.25) is 0 Å². The molecule has 1 fully saturated rings. The van der Waals surface area contributed by atoms with Gasteiger partial charge in [0, 0.05) is 30.7 Å². The maximum Gasteiger partial charge on any atom is 0.178 e. The van der Waals surface area contributed by atoms with Gasteiger partial charge in [-0.25, -0.2) is 19.6 Å². The second-order valence-corrected chi connectivity index (χ2v) is 4.59. The fourth-order valence-corrected chi connectivity index (χ4v) is 2.46. The summed E-state index contributed by atoms with van der Waals surface area (Å²) in [7, 11) is 0. The summed E-state index contributed by atoms with van der Waals surface area (Å²) in [6.45, 7) is 1.43. The summed E-state index contributed by atoms with van der Waals surface area (Å²) >= 11 is 1.81. The maximum absolute atomic E-state index is 13.5. The van der Waals surface area contributed by atoms with Crippen LogP contribution < -0.4 is 16.2 Å². The van der Waals surface area contributed by atoms with Crippen molar-refractivity contribution in [2.75, 3.05) is 34.9 Å². The summed E-state index contributed by atoms with van der Waals surface area (Å²) in [5.74, 6) is 5.54. The molecule has 0 saturated carbocycles. The van der Waals surface area contributed by atoms with E-state index in [0.717, 1.165) is 17.6 Å². The fourth-order valence-electron chi connectivity index (χ4n) is 1.56. The Kier molecular flexibility index (Phi) is 3.45. The third-order valence-electron chi connectivity index (χ3n) is 2.36. The van der Waals surface area contributed by atoms with Gasteiger partial charge in [-0.1, -0.05) is 0 Å². The van der Waals surface area contributed by atoms with Crippen molar-refractivity contribution < 1.29 is 8.78 Å². The summed E-state index contributed by atoms with van der Waals surface area (Å²) in [5.41, 5.74) is 2.12.